The van der Waals surface area contributed by atoms with Gasteiger partial charge in [0, 0.05) is 33.4 Å². The molecule has 0 aromatic heterocycles. The molecule has 4 unspecified atom stereocenters. The SMILES string of the molecule is CNC(C)(CC(C)N1CC(OC)C(OC)C1)C(N)=O. The number of nitrogens with two attached hydrogens (primary N) is 1. The van der Waals surface area contributed by atoms with E-state index in [1.165, 1.54) is 0 Å². The van der Waals surface area contributed by atoms with E-state index in [1.807, 2.05) is 6.92 Å². The molecule has 19 heavy (non-hydrogen) atoms. The van der Waals surface area contributed by atoms with Gasteiger partial charge in [-0.3, -0.25) is 9.69 Å². The second-order valence-corrected chi connectivity index (χ2v) is 5.50. The van der Waals surface area contributed by atoms with Crippen molar-refractivity contribution in [2.75, 3.05) is 34.4 Å². The molecular weight excluding hydrogens is 246 g/mol. The monoisotopic (exact) mass is 273 g/mol. The molecule has 0 aromatic carbocycles. The van der Waals surface area contributed by atoms with Crippen molar-refractivity contribution in [3.63, 3.8) is 0 Å². The lowest BCUT2D eigenvalue weighted by atomic mass is 9.92. The molecule has 1 aliphatic heterocycles. The molecule has 6 nitrogen and oxygen atoms in total. The van der Waals surface area contributed by atoms with Gasteiger partial charge in [-0.25, -0.2) is 0 Å². The second kappa shape index (κ2) is 6.65. The maximum absolute atomic E-state index is 11.5. The molecule has 0 bridgehead atoms. The van der Waals surface area contributed by atoms with Crippen LogP contribution < -0.4 is 11.1 Å². The Morgan fingerprint density at radius 3 is 2.21 bits per heavy atom. The number of carbonyl (C=O) groups is 1. The third kappa shape index (κ3) is 3.66. The van der Waals surface area contributed by atoms with Crippen LogP contribution in [0.4, 0.5) is 0 Å². The molecule has 0 aromatic rings. The van der Waals surface area contributed by atoms with Gasteiger partial charge in [-0.05, 0) is 27.3 Å². The largest absolute Gasteiger partial charge is 0.377 e. The van der Waals surface area contributed by atoms with Gasteiger partial charge >= 0.3 is 0 Å². The predicted molar refractivity (Wildman–Crippen MR) is 73.9 cm³/mol. The van der Waals surface area contributed by atoms with Crippen LogP contribution in [-0.2, 0) is 14.3 Å². The Morgan fingerprint density at radius 1 is 1.42 bits per heavy atom. The van der Waals surface area contributed by atoms with Crippen LogP contribution in [-0.4, -0.2) is 69.0 Å². The minimum atomic E-state index is -0.687. The fourth-order valence-corrected chi connectivity index (χ4v) is 2.63. The third-order valence-electron chi connectivity index (χ3n) is 4.27. The van der Waals surface area contributed by atoms with Gasteiger partial charge in [0.1, 0.15) is 0 Å². The van der Waals surface area contributed by atoms with Crippen molar-refractivity contribution < 1.29 is 14.3 Å². The molecule has 112 valence electrons. The zero-order valence-electron chi connectivity index (χ0n) is 12.6. The highest BCUT2D eigenvalue weighted by Gasteiger charge is 2.38. The van der Waals surface area contributed by atoms with Gasteiger partial charge in [-0.15, -0.1) is 0 Å². The number of methoxy groups -OCH3 is 2. The minimum absolute atomic E-state index is 0.0851. The van der Waals surface area contributed by atoms with Crippen LogP contribution in [0.15, 0.2) is 0 Å². The summed E-state index contributed by atoms with van der Waals surface area (Å²) in [6, 6.07) is 0.225. The number of hydrogen-bond acceptors (Lipinski definition) is 5. The lowest BCUT2D eigenvalue weighted by Gasteiger charge is -2.33. The van der Waals surface area contributed by atoms with Crippen molar-refractivity contribution >= 4 is 5.91 Å². The van der Waals surface area contributed by atoms with Crippen LogP contribution in [0.3, 0.4) is 0 Å². The van der Waals surface area contributed by atoms with Crippen LogP contribution in [0, 0.1) is 0 Å². The molecule has 1 rings (SSSR count). The normalized spacial score (nSPS) is 29.1. The number of primary amides is 1. The maximum Gasteiger partial charge on any atom is 0.237 e. The molecule has 0 radical (unpaired) electrons. The molecule has 6 heteroatoms. The van der Waals surface area contributed by atoms with Crippen molar-refractivity contribution in [1.82, 2.24) is 10.2 Å². The Balaban J connectivity index is 2.64. The summed E-state index contributed by atoms with van der Waals surface area (Å²) < 4.78 is 10.9. The van der Waals surface area contributed by atoms with Crippen LogP contribution in [0.25, 0.3) is 0 Å². The average Bonchev–Trinajstić information content (AvgIpc) is 2.81. The quantitative estimate of drug-likeness (QED) is 0.658. The topological polar surface area (TPSA) is 76.8 Å². The summed E-state index contributed by atoms with van der Waals surface area (Å²) in [6.45, 7) is 5.57. The van der Waals surface area contributed by atoms with Crippen LogP contribution >= 0.6 is 0 Å². The summed E-state index contributed by atoms with van der Waals surface area (Å²) in [7, 11) is 5.16. The number of carbonyl (C=O) groups excluding carboxylic acids is 1. The van der Waals surface area contributed by atoms with E-state index in [4.69, 9.17) is 15.2 Å². The zero-order chi connectivity index (χ0) is 14.6. The summed E-state index contributed by atoms with van der Waals surface area (Å²) >= 11 is 0. The number of amides is 1. The Labute approximate surface area is 115 Å². The Kier molecular flexibility index (Phi) is 5.73. The summed E-state index contributed by atoms with van der Waals surface area (Å²) in [4.78, 5) is 13.8. The van der Waals surface area contributed by atoms with Crippen molar-refractivity contribution in [3.8, 4) is 0 Å². The summed E-state index contributed by atoms with van der Waals surface area (Å²) in [5.74, 6) is -0.326. The summed E-state index contributed by atoms with van der Waals surface area (Å²) in [6.07, 6.45) is 0.829. The van der Waals surface area contributed by atoms with Gasteiger partial charge in [0.15, 0.2) is 0 Å². The minimum Gasteiger partial charge on any atom is -0.377 e. The van der Waals surface area contributed by atoms with Crippen molar-refractivity contribution in [2.45, 2.75) is 44.1 Å². The fourth-order valence-electron chi connectivity index (χ4n) is 2.63. The average molecular weight is 273 g/mol. The van der Waals surface area contributed by atoms with E-state index in [9.17, 15) is 4.79 Å². The van der Waals surface area contributed by atoms with Crippen LogP contribution in [0.5, 0.6) is 0 Å². The highest BCUT2D eigenvalue weighted by molar-refractivity contribution is 5.84. The van der Waals surface area contributed by atoms with E-state index < -0.39 is 5.54 Å². The molecule has 1 aliphatic rings. The molecule has 1 fully saturated rings. The highest BCUT2D eigenvalue weighted by atomic mass is 16.5. The van der Waals surface area contributed by atoms with Crippen LogP contribution in [0.1, 0.15) is 20.3 Å². The molecule has 1 amide bonds. The number of likely N-dealkylation sites (tertiary alicyclic amines) is 1. The number of nitrogens with one attached hydrogen (secondary N) is 1. The predicted octanol–water partition coefficient (Wildman–Crippen LogP) is -0.426. The van der Waals surface area contributed by atoms with Crippen molar-refractivity contribution in [2.24, 2.45) is 5.73 Å². The van der Waals surface area contributed by atoms with E-state index in [1.54, 1.807) is 21.3 Å². The number of hydrogen-bond donors (Lipinski definition) is 2. The third-order valence-corrected chi connectivity index (χ3v) is 4.27. The Hall–Kier alpha value is -0.690. The fraction of sp³-hybridized carbons (Fsp3) is 0.923. The first-order valence-electron chi connectivity index (χ1n) is 6.66. The molecular formula is C13H27N3O3. The van der Waals surface area contributed by atoms with Gasteiger partial charge in [0.25, 0.3) is 0 Å². The van der Waals surface area contributed by atoms with Gasteiger partial charge in [0.05, 0.1) is 17.7 Å². The first-order chi connectivity index (χ1) is 8.87. The molecule has 0 spiro atoms. The Morgan fingerprint density at radius 2 is 1.89 bits per heavy atom. The van der Waals surface area contributed by atoms with Gasteiger partial charge in [0.2, 0.25) is 5.91 Å². The standard InChI is InChI=1S/C13H27N3O3/c1-9(6-13(2,15-3)12(14)17)16-7-10(18-4)11(8-16)19-5/h9-11,15H,6-8H2,1-5H3,(H2,14,17). The molecule has 1 heterocycles. The van der Waals surface area contributed by atoms with Crippen molar-refractivity contribution in [1.29, 1.82) is 0 Å². The van der Waals surface area contributed by atoms with E-state index in [-0.39, 0.29) is 24.2 Å². The number of rotatable bonds is 7. The van der Waals surface area contributed by atoms with Crippen molar-refractivity contribution in [3.05, 3.63) is 0 Å². The second-order valence-electron chi connectivity index (χ2n) is 5.50. The lowest BCUT2D eigenvalue weighted by molar-refractivity contribution is -0.124. The maximum atomic E-state index is 11.5. The van der Waals surface area contributed by atoms with E-state index in [0.29, 0.717) is 6.42 Å². The lowest BCUT2D eigenvalue weighted by Crippen LogP contribution is -2.55. The Bertz CT molecular complexity index is 302. The molecule has 0 aliphatic carbocycles. The summed E-state index contributed by atoms with van der Waals surface area (Å²) in [5, 5.41) is 3.02. The van der Waals surface area contributed by atoms with E-state index in [0.717, 1.165) is 13.1 Å². The first-order valence-corrected chi connectivity index (χ1v) is 6.66. The molecule has 4 atom stereocenters. The number of ether oxygens (including phenoxy) is 2. The van der Waals surface area contributed by atoms with Crippen LogP contribution in [0.2, 0.25) is 0 Å². The summed E-state index contributed by atoms with van der Waals surface area (Å²) in [5.41, 5.74) is 4.78. The molecule has 3 N–H and O–H groups in total. The first kappa shape index (κ1) is 16.4. The molecule has 1 saturated heterocycles. The van der Waals surface area contributed by atoms with Gasteiger partial charge in [-0.2, -0.15) is 0 Å². The van der Waals surface area contributed by atoms with E-state index >= 15 is 0 Å². The van der Waals surface area contributed by atoms with Gasteiger partial charge < -0.3 is 20.5 Å². The highest BCUT2D eigenvalue weighted by Crippen LogP contribution is 2.22. The van der Waals surface area contributed by atoms with E-state index in [2.05, 4.69) is 17.1 Å². The smallest absolute Gasteiger partial charge is 0.237 e. The number of nitrogens with zero attached hydrogens (tertiary/aromatic N) is 1. The van der Waals surface area contributed by atoms with Gasteiger partial charge in [-0.1, -0.05) is 0 Å². The number of likely N-dealkylation sites (N-methyl/N-ethyl adjacent to an activating group) is 1. The zero-order valence-corrected chi connectivity index (χ0v) is 12.6. The molecule has 0 saturated carbocycles.